The molecule has 0 radical (unpaired) electrons. The number of esters is 1. The first-order valence-electron chi connectivity index (χ1n) is 15.1. The summed E-state index contributed by atoms with van der Waals surface area (Å²) >= 11 is 0. The molecule has 1 fully saturated rings. The van der Waals surface area contributed by atoms with Crippen molar-refractivity contribution in [2.24, 2.45) is 39.9 Å². The van der Waals surface area contributed by atoms with Gasteiger partial charge in [-0.25, -0.2) is 4.18 Å². The molecule has 9 heteroatoms. The molecule has 0 bridgehead atoms. The minimum absolute atomic E-state index is 0.144. The molecular formula is C32H50O8S. The Bertz CT molecular complexity index is 1250. The molecule has 0 saturated heterocycles. The second-order valence-electron chi connectivity index (χ2n) is 14.5. The van der Waals surface area contributed by atoms with E-state index < -0.39 is 57.0 Å². The van der Waals surface area contributed by atoms with Crippen molar-refractivity contribution in [2.45, 2.75) is 118 Å². The summed E-state index contributed by atoms with van der Waals surface area (Å²) in [6.07, 6.45) is 2.28. The van der Waals surface area contributed by atoms with Crippen molar-refractivity contribution >= 4 is 16.4 Å². The maximum Gasteiger partial charge on any atom is 0.397 e. The first kappa shape index (κ1) is 32.4. The fourth-order valence-electron chi connectivity index (χ4n) is 9.36. The van der Waals surface area contributed by atoms with Crippen LogP contribution in [0, 0.1) is 39.9 Å². The molecule has 41 heavy (non-hydrogen) atoms. The Kier molecular flexibility index (Phi) is 8.60. The van der Waals surface area contributed by atoms with Crippen molar-refractivity contribution in [3.05, 3.63) is 34.9 Å². The Labute approximate surface area is 246 Å². The van der Waals surface area contributed by atoms with Crippen LogP contribution in [-0.4, -0.2) is 53.6 Å². The number of allylic oxidation sites excluding steroid dienone is 3. The van der Waals surface area contributed by atoms with Crippen molar-refractivity contribution in [3.63, 3.8) is 0 Å². The highest BCUT2D eigenvalue weighted by atomic mass is 32.3. The fourth-order valence-corrected chi connectivity index (χ4v) is 10.0. The average Bonchev–Trinajstić information content (AvgIpc) is 3.19. The van der Waals surface area contributed by atoms with E-state index in [2.05, 4.69) is 40.3 Å². The van der Waals surface area contributed by atoms with E-state index >= 15 is 0 Å². The third-order valence-corrected chi connectivity index (χ3v) is 11.8. The molecular weight excluding hydrogens is 544 g/mol. The van der Waals surface area contributed by atoms with Crippen LogP contribution in [0.5, 0.6) is 0 Å². The largest absolute Gasteiger partial charge is 0.458 e. The quantitative estimate of drug-likeness (QED) is 0.189. The Balaban J connectivity index is 1.78. The van der Waals surface area contributed by atoms with Gasteiger partial charge in [0.25, 0.3) is 0 Å². The van der Waals surface area contributed by atoms with E-state index in [4.69, 9.17) is 8.92 Å². The molecule has 4 rings (SSSR count). The zero-order valence-electron chi connectivity index (χ0n) is 25.9. The Morgan fingerprint density at radius 3 is 2.34 bits per heavy atom. The van der Waals surface area contributed by atoms with Crippen molar-refractivity contribution in [2.75, 3.05) is 0 Å². The SMILES string of the molecule is C=C(CC[C@@H](C)[C@H]1CC=C2C3=C([C@H](O)[C@@H](OC(C)=O)[C@@]21C)[C@@]1(C)C[C@@H](O)[C@H](OS(=O)(=O)O)C(C)(C)[C@@H]1CC3)C(C)C. The van der Waals surface area contributed by atoms with Gasteiger partial charge in [-0.2, -0.15) is 8.42 Å². The molecule has 0 aliphatic heterocycles. The number of carbonyl (C=O) groups is 1. The van der Waals surface area contributed by atoms with Crippen LogP contribution in [0.4, 0.5) is 0 Å². The highest BCUT2D eigenvalue weighted by Crippen LogP contribution is 2.67. The maximum atomic E-state index is 12.5. The predicted molar refractivity (Wildman–Crippen MR) is 157 cm³/mol. The average molecular weight is 595 g/mol. The number of fused-ring (bicyclic) bond motifs is 4. The van der Waals surface area contributed by atoms with E-state index in [0.29, 0.717) is 24.7 Å². The number of rotatable bonds is 8. The molecule has 9 atom stereocenters. The lowest BCUT2D eigenvalue weighted by Gasteiger charge is -2.62. The lowest BCUT2D eigenvalue weighted by molar-refractivity contribution is -0.173. The van der Waals surface area contributed by atoms with Crippen molar-refractivity contribution in [1.29, 1.82) is 0 Å². The van der Waals surface area contributed by atoms with Crippen LogP contribution in [0.15, 0.2) is 34.9 Å². The topological polar surface area (TPSA) is 130 Å². The second-order valence-corrected chi connectivity index (χ2v) is 15.5. The summed E-state index contributed by atoms with van der Waals surface area (Å²) in [7, 11) is -4.78. The van der Waals surface area contributed by atoms with E-state index in [0.717, 1.165) is 36.0 Å². The smallest absolute Gasteiger partial charge is 0.397 e. The molecule has 0 aromatic carbocycles. The van der Waals surface area contributed by atoms with Crippen molar-refractivity contribution < 1.29 is 36.9 Å². The molecule has 8 nitrogen and oxygen atoms in total. The van der Waals surface area contributed by atoms with Gasteiger partial charge in [-0.1, -0.05) is 66.7 Å². The summed E-state index contributed by atoms with van der Waals surface area (Å²) in [6.45, 7) is 20.0. The molecule has 0 aromatic heterocycles. The number of aliphatic hydroxyl groups excluding tert-OH is 2. The van der Waals surface area contributed by atoms with Crippen LogP contribution in [-0.2, 0) is 24.1 Å². The standard InChI is InChI=1S/C32H50O8S/c1-17(2)18(3)10-11-19(4)22-13-14-23-21-12-15-25-30(6,7)28(40-41(36,37)38)24(34)16-31(25,8)26(21)27(35)29(32(22,23)9)39-20(5)33/h14,17,19,22,24-25,27-29,34-35H,3,10-13,15-16H2,1-2,4-9H3,(H,36,37,38)/t19-,22-,24-,25+,27+,28+,29-,31+,32-/m1/s1. The summed E-state index contributed by atoms with van der Waals surface area (Å²) in [5.74, 6) is 0.267. The van der Waals surface area contributed by atoms with Crippen molar-refractivity contribution in [3.8, 4) is 0 Å². The molecule has 3 N–H and O–H groups in total. The first-order chi connectivity index (χ1) is 18.8. The monoisotopic (exact) mass is 594 g/mol. The van der Waals surface area contributed by atoms with Gasteiger partial charge in [0.15, 0.2) is 0 Å². The summed E-state index contributed by atoms with van der Waals surface area (Å²) in [6, 6.07) is 0. The molecule has 4 aliphatic carbocycles. The van der Waals surface area contributed by atoms with Gasteiger partial charge in [-0.05, 0) is 89.7 Å². The molecule has 0 heterocycles. The normalized spacial score (nSPS) is 39.0. The van der Waals surface area contributed by atoms with Crippen LogP contribution in [0.1, 0.15) is 93.9 Å². The number of carbonyl (C=O) groups excluding carboxylic acids is 1. The van der Waals surface area contributed by atoms with Crippen LogP contribution < -0.4 is 0 Å². The molecule has 1 saturated carbocycles. The van der Waals surface area contributed by atoms with Crippen LogP contribution in [0.25, 0.3) is 0 Å². The van der Waals surface area contributed by atoms with Gasteiger partial charge < -0.3 is 14.9 Å². The molecule has 0 spiro atoms. The van der Waals surface area contributed by atoms with Gasteiger partial charge in [0.1, 0.15) is 18.3 Å². The van der Waals surface area contributed by atoms with E-state index in [1.807, 2.05) is 20.8 Å². The first-order valence-corrected chi connectivity index (χ1v) is 16.4. The van der Waals surface area contributed by atoms with Gasteiger partial charge in [0.2, 0.25) is 0 Å². The number of hydrogen-bond donors (Lipinski definition) is 3. The third-order valence-electron chi connectivity index (χ3n) is 11.4. The van der Waals surface area contributed by atoms with Gasteiger partial charge in [-0.15, -0.1) is 0 Å². The highest BCUT2D eigenvalue weighted by Gasteiger charge is 2.65. The summed E-state index contributed by atoms with van der Waals surface area (Å²) < 4.78 is 43.9. The van der Waals surface area contributed by atoms with Crippen molar-refractivity contribution in [1.82, 2.24) is 0 Å². The van der Waals surface area contributed by atoms with Gasteiger partial charge in [0.05, 0.1) is 6.10 Å². The van der Waals surface area contributed by atoms with E-state index in [1.54, 1.807) is 0 Å². The Hall–Kier alpha value is -1.52. The fraction of sp³-hybridized carbons (Fsp3) is 0.781. The zero-order valence-corrected chi connectivity index (χ0v) is 26.8. The number of aliphatic hydroxyl groups is 2. The van der Waals surface area contributed by atoms with Crippen LogP contribution >= 0.6 is 0 Å². The summed E-state index contributed by atoms with van der Waals surface area (Å²) in [4.78, 5) is 12.5. The number of hydrogen-bond acceptors (Lipinski definition) is 7. The summed E-state index contributed by atoms with van der Waals surface area (Å²) in [5.41, 5.74) is 2.08. The molecule has 4 aliphatic rings. The predicted octanol–water partition coefficient (Wildman–Crippen LogP) is 5.57. The Morgan fingerprint density at radius 1 is 1.15 bits per heavy atom. The minimum Gasteiger partial charge on any atom is -0.458 e. The molecule has 0 amide bonds. The lowest BCUT2D eigenvalue weighted by Crippen LogP contribution is -2.63. The third kappa shape index (κ3) is 5.39. The summed E-state index contributed by atoms with van der Waals surface area (Å²) in [5, 5.41) is 23.4. The van der Waals surface area contributed by atoms with Crippen LogP contribution in [0.3, 0.4) is 0 Å². The van der Waals surface area contributed by atoms with Gasteiger partial charge in [0, 0.05) is 12.3 Å². The minimum atomic E-state index is -4.78. The van der Waals surface area contributed by atoms with E-state index in [-0.39, 0.29) is 18.3 Å². The van der Waals surface area contributed by atoms with Gasteiger partial charge in [-0.3, -0.25) is 9.35 Å². The van der Waals surface area contributed by atoms with Crippen LogP contribution in [0.2, 0.25) is 0 Å². The van der Waals surface area contributed by atoms with E-state index in [1.165, 1.54) is 12.5 Å². The lowest BCUT2D eigenvalue weighted by atomic mass is 9.45. The Morgan fingerprint density at radius 2 is 1.78 bits per heavy atom. The maximum absolute atomic E-state index is 12.5. The molecule has 0 unspecified atom stereocenters. The highest BCUT2D eigenvalue weighted by molar-refractivity contribution is 7.80. The zero-order chi connectivity index (χ0) is 30.9. The van der Waals surface area contributed by atoms with Gasteiger partial charge >= 0.3 is 16.4 Å². The molecule has 232 valence electrons. The second kappa shape index (κ2) is 10.9. The van der Waals surface area contributed by atoms with E-state index in [9.17, 15) is 28.0 Å². The molecule has 0 aromatic rings. The number of ether oxygens (including phenoxy) is 1.